The summed E-state index contributed by atoms with van der Waals surface area (Å²) in [6, 6.07) is 10.3. The maximum Gasteiger partial charge on any atom is 0.0669 e. The van der Waals surface area contributed by atoms with E-state index in [9.17, 15) is 0 Å². The molecule has 2 rings (SSSR count). The molecule has 1 aromatic carbocycles. The van der Waals surface area contributed by atoms with Gasteiger partial charge in [-0.05, 0) is 30.7 Å². The summed E-state index contributed by atoms with van der Waals surface area (Å²) >= 11 is 0. The number of rotatable bonds is 6. The van der Waals surface area contributed by atoms with Crippen molar-refractivity contribution in [2.45, 2.75) is 12.8 Å². The second-order valence-electron chi connectivity index (χ2n) is 4.77. The molecule has 19 heavy (non-hydrogen) atoms. The van der Waals surface area contributed by atoms with Gasteiger partial charge in [-0.2, -0.15) is 5.26 Å². The third-order valence-electron chi connectivity index (χ3n) is 3.32. The van der Waals surface area contributed by atoms with Crippen molar-refractivity contribution in [3.8, 4) is 6.07 Å². The average molecular weight is 259 g/mol. The van der Waals surface area contributed by atoms with Gasteiger partial charge in [0, 0.05) is 25.3 Å². The second-order valence-corrected chi connectivity index (χ2v) is 4.77. The summed E-state index contributed by atoms with van der Waals surface area (Å²) in [6.45, 7) is 5.96. The number of nitriles is 1. The van der Waals surface area contributed by atoms with Crippen LogP contribution < -0.4 is 5.32 Å². The van der Waals surface area contributed by atoms with Crippen molar-refractivity contribution in [1.82, 2.24) is 4.90 Å². The Morgan fingerprint density at radius 3 is 2.63 bits per heavy atom. The number of nitrogens with zero attached hydrogens (tertiary/aromatic N) is 2. The first-order valence-corrected chi connectivity index (χ1v) is 6.88. The summed E-state index contributed by atoms with van der Waals surface area (Å²) in [7, 11) is 0. The Morgan fingerprint density at radius 2 is 1.95 bits per heavy atom. The fraction of sp³-hybridized carbons (Fsp3) is 0.533. The monoisotopic (exact) mass is 259 g/mol. The Hall–Kier alpha value is -1.57. The minimum Gasteiger partial charge on any atom is -0.385 e. The molecule has 1 fully saturated rings. The summed E-state index contributed by atoms with van der Waals surface area (Å²) in [5, 5.41) is 12.0. The third-order valence-corrected chi connectivity index (χ3v) is 3.32. The van der Waals surface area contributed by atoms with Crippen LogP contribution in [0.2, 0.25) is 0 Å². The zero-order chi connectivity index (χ0) is 13.3. The van der Waals surface area contributed by atoms with Crippen molar-refractivity contribution >= 4 is 5.69 Å². The Balaban J connectivity index is 1.63. The second kappa shape index (κ2) is 7.78. The van der Waals surface area contributed by atoms with Gasteiger partial charge in [0.15, 0.2) is 0 Å². The minimum atomic E-state index is 0.483. The van der Waals surface area contributed by atoms with Crippen LogP contribution in [0, 0.1) is 11.3 Å². The molecule has 0 atom stereocenters. The normalized spacial score (nSPS) is 15.9. The van der Waals surface area contributed by atoms with Gasteiger partial charge in [0.2, 0.25) is 0 Å². The first-order chi connectivity index (χ1) is 9.38. The summed E-state index contributed by atoms with van der Waals surface area (Å²) in [6.07, 6.45) is 1.62. The number of nitrogens with one attached hydrogen (secondary N) is 1. The lowest BCUT2D eigenvalue weighted by molar-refractivity contribution is 0.0378. The maximum atomic E-state index is 8.61. The maximum absolute atomic E-state index is 8.61. The van der Waals surface area contributed by atoms with Crippen molar-refractivity contribution in [2.75, 3.05) is 44.7 Å². The zero-order valence-electron chi connectivity index (χ0n) is 11.3. The first kappa shape index (κ1) is 13.9. The van der Waals surface area contributed by atoms with E-state index in [1.165, 1.54) is 0 Å². The fourth-order valence-corrected chi connectivity index (χ4v) is 2.19. The fourth-order valence-electron chi connectivity index (χ4n) is 2.19. The van der Waals surface area contributed by atoms with Gasteiger partial charge in [-0.15, -0.1) is 0 Å². The van der Waals surface area contributed by atoms with Gasteiger partial charge < -0.3 is 10.1 Å². The van der Waals surface area contributed by atoms with Gasteiger partial charge >= 0.3 is 0 Å². The van der Waals surface area contributed by atoms with E-state index < -0.39 is 0 Å². The SMILES string of the molecule is N#CCc1ccc(NCCCN2CCOCC2)cc1. The van der Waals surface area contributed by atoms with Crippen LogP contribution in [0.3, 0.4) is 0 Å². The molecule has 1 aliphatic heterocycles. The number of hydrogen-bond acceptors (Lipinski definition) is 4. The van der Waals surface area contributed by atoms with E-state index in [0.29, 0.717) is 6.42 Å². The Kier molecular flexibility index (Phi) is 5.67. The van der Waals surface area contributed by atoms with Crippen LogP contribution in [0.1, 0.15) is 12.0 Å². The summed E-state index contributed by atoms with van der Waals surface area (Å²) in [5.41, 5.74) is 2.20. The molecule has 102 valence electrons. The van der Waals surface area contributed by atoms with Gasteiger partial charge in [0.05, 0.1) is 25.7 Å². The molecule has 0 spiro atoms. The first-order valence-electron chi connectivity index (χ1n) is 6.88. The molecular formula is C15H21N3O. The van der Waals surface area contributed by atoms with Crippen LogP contribution in [-0.4, -0.2) is 44.3 Å². The molecule has 4 heteroatoms. The summed E-state index contributed by atoms with van der Waals surface area (Å²) in [4.78, 5) is 2.45. The molecule has 0 radical (unpaired) electrons. The average Bonchev–Trinajstić information content (AvgIpc) is 2.47. The summed E-state index contributed by atoms with van der Waals surface area (Å²) < 4.78 is 5.33. The van der Waals surface area contributed by atoms with Gasteiger partial charge in [-0.3, -0.25) is 4.90 Å². The highest BCUT2D eigenvalue weighted by Crippen LogP contribution is 2.10. The van der Waals surface area contributed by atoms with Crippen molar-refractivity contribution < 1.29 is 4.74 Å². The smallest absolute Gasteiger partial charge is 0.0669 e. The Bertz CT molecular complexity index is 404. The van der Waals surface area contributed by atoms with Crippen LogP contribution >= 0.6 is 0 Å². The van der Waals surface area contributed by atoms with Crippen molar-refractivity contribution in [3.05, 3.63) is 29.8 Å². The number of morpholine rings is 1. The van der Waals surface area contributed by atoms with Crippen LogP contribution in [0.15, 0.2) is 24.3 Å². The van der Waals surface area contributed by atoms with E-state index in [4.69, 9.17) is 10.00 Å². The molecule has 0 amide bonds. The van der Waals surface area contributed by atoms with Crippen LogP contribution in [0.4, 0.5) is 5.69 Å². The molecule has 1 saturated heterocycles. The number of hydrogen-bond donors (Lipinski definition) is 1. The number of anilines is 1. The van der Waals surface area contributed by atoms with Crippen molar-refractivity contribution in [2.24, 2.45) is 0 Å². The molecular weight excluding hydrogens is 238 g/mol. The molecule has 1 heterocycles. The number of ether oxygens (including phenoxy) is 1. The van der Waals surface area contributed by atoms with Crippen LogP contribution in [0.25, 0.3) is 0 Å². The molecule has 0 aliphatic carbocycles. The molecule has 4 nitrogen and oxygen atoms in total. The van der Waals surface area contributed by atoms with Crippen molar-refractivity contribution in [3.63, 3.8) is 0 Å². The molecule has 1 aliphatic rings. The highest BCUT2D eigenvalue weighted by molar-refractivity contribution is 5.44. The van der Waals surface area contributed by atoms with Gasteiger partial charge in [0.1, 0.15) is 0 Å². The molecule has 0 bridgehead atoms. The highest BCUT2D eigenvalue weighted by Gasteiger charge is 2.08. The summed E-state index contributed by atoms with van der Waals surface area (Å²) in [5.74, 6) is 0. The Morgan fingerprint density at radius 1 is 1.21 bits per heavy atom. The minimum absolute atomic E-state index is 0.483. The predicted octanol–water partition coefficient (Wildman–Crippen LogP) is 1.89. The Labute approximate surface area is 115 Å². The van der Waals surface area contributed by atoms with Gasteiger partial charge in [-0.25, -0.2) is 0 Å². The third kappa shape index (κ3) is 4.90. The molecule has 0 unspecified atom stereocenters. The molecule has 1 aromatic rings. The lowest BCUT2D eigenvalue weighted by Gasteiger charge is -2.26. The molecule has 1 N–H and O–H groups in total. The van der Waals surface area contributed by atoms with Gasteiger partial charge in [0.25, 0.3) is 0 Å². The number of benzene rings is 1. The lowest BCUT2D eigenvalue weighted by atomic mass is 10.1. The standard InChI is InChI=1S/C15H21N3O/c16-7-6-14-2-4-15(5-3-14)17-8-1-9-18-10-12-19-13-11-18/h2-5,17H,1,6,8-13H2. The van der Waals surface area contributed by atoms with E-state index in [-0.39, 0.29) is 0 Å². The van der Waals surface area contributed by atoms with E-state index in [1.807, 2.05) is 24.3 Å². The molecule has 0 aromatic heterocycles. The molecule has 0 saturated carbocycles. The van der Waals surface area contributed by atoms with Crippen LogP contribution in [-0.2, 0) is 11.2 Å². The van der Waals surface area contributed by atoms with E-state index in [1.54, 1.807) is 0 Å². The topological polar surface area (TPSA) is 48.3 Å². The van der Waals surface area contributed by atoms with Gasteiger partial charge in [-0.1, -0.05) is 12.1 Å². The largest absolute Gasteiger partial charge is 0.385 e. The van der Waals surface area contributed by atoms with E-state index in [0.717, 1.165) is 57.1 Å². The highest BCUT2D eigenvalue weighted by atomic mass is 16.5. The lowest BCUT2D eigenvalue weighted by Crippen LogP contribution is -2.37. The van der Waals surface area contributed by atoms with Crippen molar-refractivity contribution in [1.29, 1.82) is 5.26 Å². The quantitative estimate of drug-likeness (QED) is 0.793. The van der Waals surface area contributed by atoms with Crippen LogP contribution in [0.5, 0.6) is 0 Å². The predicted molar refractivity (Wildman–Crippen MR) is 76.1 cm³/mol. The van der Waals surface area contributed by atoms with E-state index in [2.05, 4.69) is 16.3 Å². The zero-order valence-corrected chi connectivity index (χ0v) is 11.3. The van der Waals surface area contributed by atoms with E-state index >= 15 is 0 Å².